The van der Waals surface area contributed by atoms with Gasteiger partial charge in [0.1, 0.15) is 18.3 Å². The van der Waals surface area contributed by atoms with Crippen molar-refractivity contribution in [2.24, 2.45) is 0 Å². The molecular formula is C30H33Cl3N4O7S. The van der Waals surface area contributed by atoms with Gasteiger partial charge in [-0.05, 0) is 69.2 Å². The number of hydrogen-bond acceptors (Lipinski definition) is 7. The number of halogens is 3. The number of nitrogens with zero attached hydrogens (tertiary/aromatic N) is 3. The number of ether oxygens (including phenoxy) is 1. The van der Waals surface area contributed by atoms with Crippen LogP contribution in [0.5, 0.6) is 5.75 Å². The second kappa shape index (κ2) is 15.1. The summed E-state index contributed by atoms with van der Waals surface area (Å²) < 4.78 is 34.6. The molecule has 0 saturated heterocycles. The molecule has 0 aromatic heterocycles. The Morgan fingerprint density at radius 1 is 1.02 bits per heavy atom. The number of sulfonamides is 1. The summed E-state index contributed by atoms with van der Waals surface area (Å²) in [5.74, 6) is -1.18. The highest BCUT2D eigenvalue weighted by atomic mass is 35.5. The second-order valence-corrected chi connectivity index (χ2v) is 13.4. The number of amides is 2. The zero-order valence-electron chi connectivity index (χ0n) is 25.2. The Labute approximate surface area is 277 Å². The van der Waals surface area contributed by atoms with Crippen LogP contribution in [0.25, 0.3) is 0 Å². The van der Waals surface area contributed by atoms with Crippen molar-refractivity contribution < 1.29 is 27.7 Å². The van der Waals surface area contributed by atoms with E-state index in [1.54, 1.807) is 12.1 Å². The van der Waals surface area contributed by atoms with Crippen molar-refractivity contribution >= 4 is 68.0 Å². The fourth-order valence-corrected chi connectivity index (χ4v) is 6.40. The fourth-order valence-electron chi connectivity index (χ4n) is 4.33. The zero-order valence-corrected chi connectivity index (χ0v) is 28.3. The van der Waals surface area contributed by atoms with Crippen molar-refractivity contribution in [2.45, 2.75) is 57.6 Å². The highest BCUT2D eigenvalue weighted by molar-refractivity contribution is 7.92. The molecule has 0 saturated carbocycles. The number of hydrogen-bond donors (Lipinski definition) is 1. The van der Waals surface area contributed by atoms with Gasteiger partial charge in [-0.1, -0.05) is 53.9 Å². The summed E-state index contributed by atoms with van der Waals surface area (Å²) in [6.07, 6.45) is 0.638. The summed E-state index contributed by atoms with van der Waals surface area (Å²) in [6, 6.07) is 11.0. The van der Waals surface area contributed by atoms with Gasteiger partial charge in [0.25, 0.3) is 15.7 Å². The molecule has 0 bridgehead atoms. The van der Waals surface area contributed by atoms with Crippen LogP contribution in [-0.2, 0) is 26.2 Å². The number of carbonyl (C=O) groups excluding carboxylic acids is 2. The number of anilines is 1. The molecule has 2 amide bonds. The van der Waals surface area contributed by atoms with E-state index in [-0.39, 0.29) is 39.6 Å². The predicted octanol–water partition coefficient (Wildman–Crippen LogP) is 6.40. The molecule has 0 aliphatic heterocycles. The van der Waals surface area contributed by atoms with Crippen LogP contribution in [-0.4, -0.2) is 55.8 Å². The fraction of sp³-hybridized carbons (Fsp3) is 0.333. The summed E-state index contributed by atoms with van der Waals surface area (Å²) in [5, 5.41) is 15.2. The SMILES string of the molecule is CC[C@@H](C)NC(=O)[C@@H](C)N(Cc1ccc(Cl)cc1Cl)C(=O)CN(c1cc(Cl)ccc1OC)S(=O)(=O)c1ccc(C)c([N+](=O)[O-])c1. The third-order valence-electron chi connectivity index (χ3n) is 7.18. The van der Waals surface area contributed by atoms with Crippen LogP contribution in [0.15, 0.2) is 59.5 Å². The molecule has 0 spiro atoms. The van der Waals surface area contributed by atoms with E-state index in [2.05, 4.69) is 5.32 Å². The molecule has 0 unspecified atom stereocenters. The van der Waals surface area contributed by atoms with E-state index in [9.17, 15) is 28.1 Å². The number of benzene rings is 3. The zero-order chi connectivity index (χ0) is 33.6. The van der Waals surface area contributed by atoms with Crippen LogP contribution < -0.4 is 14.4 Å². The Balaban J connectivity index is 2.18. The maximum atomic E-state index is 14.2. The highest BCUT2D eigenvalue weighted by Crippen LogP contribution is 2.36. The Kier molecular flexibility index (Phi) is 12.1. The van der Waals surface area contributed by atoms with Crippen LogP contribution in [0.3, 0.4) is 0 Å². The molecule has 3 aromatic rings. The minimum Gasteiger partial charge on any atom is -0.495 e. The maximum absolute atomic E-state index is 14.2. The standard InChI is InChI=1S/C30H33Cl3N4O7S/c1-6-19(3)34-30(39)20(4)35(16-21-8-9-22(31)13-25(21)33)29(38)17-36(27-14-23(32)10-12-28(27)44-5)45(42,43)24-11-7-18(2)26(15-24)37(40)41/h7-15,19-20H,6,16-17H2,1-5H3,(H,34,39)/t19-,20-/m1/s1. The molecule has 0 aliphatic carbocycles. The molecule has 0 heterocycles. The minimum atomic E-state index is -4.66. The lowest BCUT2D eigenvalue weighted by Gasteiger charge is -2.33. The van der Waals surface area contributed by atoms with Gasteiger partial charge in [0.2, 0.25) is 11.8 Å². The topological polar surface area (TPSA) is 139 Å². The lowest BCUT2D eigenvalue weighted by Crippen LogP contribution is -2.52. The number of carbonyl (C=O) groups is 2. The quantitative estimate of drug-likeness (QED) is 0.161. The normalized spacial score (nSPS) is 12.6. The number of methoxy groups -OCH3 is 1. The van der Waals surface area contributed by atoms with E-state index in [0.717, 1.165) is 10.4 Å². The Morgan fingerprint density at radius 2 is 1.67 bits per heavy atom. The van der Waals surface area contributed by atoms with E-state index in [4.69, 9.17) is 39.5 Å². The first-order chi connectivity index (χ1) is 21.1. The van der Waals surface area contributed by atoms with Crippen LogP contribution in [0.1, 0.15) is 38.3 Å². The monoisotopic (exact) mass is 698 g/mol. The smallest absolute Gasteiger partial charge is 0.273 e. The molecule has 1 N–H and O–H groups in total. The van der Waals surface area contributed by atoms with Gasteiger partial charge in [0.05, 0.1) is 22.6 Å². The van der Waals surface area contributed by atoms with Gasteiger partial charge in [0, 0.05) is 39.3 Å². The van der Waals surface area contributed by atoms with Crippen LogP contribution >= 0.6 is 34.8 Å². The van der Waals surface area contributed by atoms with Crippen molar-refractivity contribution in [1.82, 2.24) is 10.2 Å². The first-order valence-corrected chi connectivity index (χ1v) is 16.3. The van der Waals surface area contributed by atoms with Gasteiger partial charge in [-0.25, -0.2) is 8.42 Å². The third kappa shape index (κ3) is 8.57. The van der Waals surface area contributed by atoms with E-state index in [1.165, 1.54) is 62.3 Å². The first-order valence-electron chi connectivity index (χ1n) is 13.8. The largest absolute Gasteiger partial charge is 0.495 e. The minimum absolute atomic E-state index is 0.0623. The molecule has 3 rings (SSSR count). The number of aryl methyl sites for hydroxylation is 1. The molecule has 0 radical (unpaired) electrons. The maximum Gasteiger partial charge on any atom is 0.273 e. The highest BCUT2D eigenvalue weighted by Gasteiger charge is 2.35. The summed E-state index contributed by atoms with van der Waals surface area (Å²) in [5.41, 5.74) is 0.188. The van der Waals surface area contributed by atoms with Crippen LogP contribution in [0, 0.1) is 17.0 Å². The average Bonchev–Trinajstić information content (AvgIpc) is 2.98. The van der Waals surface area contributed by atoms with E-state index in [1.807, 2.05) is 13.8 Å². The number of rotatable bonds is 13. The summed E-state index contributed by atoms with van der Waals surface area (Å²) >= 11 is 18.7. The molecule has 242 valence electrons. The number of nitro benzene ring substituents is 1. The molecule has 2 atom stereocenters. The second-order valence-electron chi connectivity index (χ2n) is 10.3. The van der Waals surface area contributed by atoms with E-state index in [0.29, 0.717) is 17.0 Å². The Bertz CT molecular complexity index is 1700. The third-order valence-corrected chi connectivity index (χ3v) is 9.76. The summed E-state index contributed by atoms with van der Waals surface area (Å²) in [7, 11) is -3.35. The molecular weight excluding hydrogens is 667 g/mol. The van der Waals surface area contributed by atoms with Gasteiger partial charge in [-0.15, -0.1) is 0 Å². The van der Waals surface area contributed by atoms with Crippen LogP contribution in [0.4, 0.5) is 11.4 Å². The Morgan fingerprint density at radius 3 is 2.27 bits per heavy atom. The van der Waals surface area contributed by atoms with Gasteiger partial charge in [-0.2, -0.15) is 0 Å². The summed E-state index contributed by atoms with van der Waals surface area (Å²) in [4.78, 5) is 39.2. The molecule has 3 aromatic carbocycles. The van der Waals surface area contributed by atoms with Crippen molar-refractivity contribution in [3.63, 3.8) is 0 Å². The molecule has 11 nitrogen and oxygen atoms in total. The molecule has 45 heavy (non-hydrogen) atoms. The number of nitro groups is 1. The lowest BCUT2D eigenvalue weighted by molar-refractivity contribution is -0.385. The number of nitrogens with one attached hydrogen (secondary N) is 1. The summed E-state index contributed by atoms with van der Waals surface area (Å²) in [6.45, 7) is 5.70. The van der Waals surface area contributed by atoms with Gasteiger partial charge >= 0.3 is 0 Å². The van der Waals surface area contributed by atoms with Gasteiger partial charge < -0.3 is 15.0 Å². The van der Waals surface area contributed by atoms with Crippen LogP contribution in [0.2, 0.25) is 15.1 Å². The van der Waals surface area contributed by atoms with E-state index < -0.39 is 49.9 Å². The van der Waals surface area contributed by atoms with Crippen molar-refractivity contribution in [3.8, 4) is 5.75 Å². The molecule has 0 aliphatic rings. The average molecular weight is 700 g/mol. The lowest BCUT2D eigenvalue weighted by atomic mass is 10.1. The van der Waals surface area contributed by atoms with Crippen molar-refractivity contribution in [3.05, 3.63) is 90.9 Å². The Hall–Kier alpha value is -3.58. The molecule has 15 heteroatoms. The predicted molar refractivity (Wildman–Crippen MR) is 175 cm³/mol. The van der Waals surface area contributed by atoms with E-state index >= 15 is 0 Å². The molecule has 0 fully saturated rings. The van der Waals surface area contributed by atoms with Crippen molar-refractivity contribution in [2.75, 3.05) is 18.0 Å². The van der Waals surface area contributed by atoms with Gasteiger partial charge in [-0.3, -0.25) is 24.0 Å². The van der Waals surface area contributed by atoms with Gasteiger partial charge in [0.15, 0.2) is 0 Å². The first kappa shape index (κ1) is 35.9. The van der Waals surface area contributed by atoms with Crippen molar-refractivity contribution in [1.29, 1.82) is 0 Å².